The lowest BCUT2D eigenvalue weighted by molar-refractivity contribution is -0.148. The third kappa shape index (κ3) is 3.33. The first-order chi connectivity index (χ1) is 6.34. The lowest BCUT2D eigenvalue weighted by Crippen LogP contribution is -2.19. The predicted molar refractivity (Wildman–Crippen MR) is 50.9 cm³/mol. The maximum Gasteiger partial charge on any atom is 0.309 e. The molecule has 1 rings (SSSR count). The van der Waals surface area contributed by atoms with Crippen LogP contribution >= 0.6 is 0 Å². The lowest BCUT2D eigenvalue weighted by atomic mass is 9.95. The molecule has 2 heteroatoms. The third-order valence-electron chi connectivity index (χ3n) is 2.09. The Morgan fingerprint density at radius 3 is 3.08 bits per heavy atom. The summed E-state index contributed by atoms with van der Waals surface area (Å²) in [6.45, 7) is 0.357. The van der Waals surface area contributed by atoms with Crippen LogP contribution in [0.1, 0.15) is 25.7 Å². The fourth-order valence-electron chi connectivity index (χ4n) is 1.34. The molecule has 0 N–H and O–H groups in total. The van der Waals surface area contributed by atoms with Crippen molar-refractivity contribution in [2.75, 3.05) is 6.61 Å². The molecule has 0 aromatic rings. The van der Waals surface area contributed by atoms with Gasteiger partial charge >= 0.3 is 5.97 Å². The van der Waals surface area contributed by atoms with Gasteiger partial charge in [-0.3, -0.25) is 4.79 Å². The van der Waals surface area contributed by atoms with Crippen molar-refractivity contribution < 1.29 is 9.53 Å². The Morgan fingerprint density at radius 1 is 1.62 bits per heavy atom. The van der Waals surface area contributed by atoms with E-state index >= 15 is 0 Å². The van der Waals surface area contributed by atoms with Gasteiger partial charge in [0.25, 0.3) is 0 Å². The van der Waals surface area contributed by atoms with E-state index < -0.39 is 0 Å². The van der Waals surface area contributed by atoms with E-state index in [9.17, 15) is 4.79 Å². The van der Waals surface area contributed by atoms with E-state index in [0.29, 0.717) is 13.0 Å². The van der Waals surface area contributed by atoms with Crippen molar-refractivity contribution in [1.29, 1.82) is 0 Å². The lowest BCUT2D eigenvalue weighted by Gasteiger charge is -2.15. The molecule has 0 heterocycles. The molecule has 0 amide bonds. The van der Waals surface area contributed by atoms with Crippen LogP contribution in [0.25, 0.3) is 0 Å². The highest BCUT2D eigenvalue weighted by Gasteiger charge is 2.19. The third-order valence-corrected chi connectivity index (χ3v) is 2.09. The summed E-state index contributed by atoms with van der Waals surface area (Å²) < 4.78 is 5.01. The molecule has 13 heavy (non-hydrogen) atoms. The van der Waals surface area contributed by atoms with Gasteiger partial charge in [0.05, 0.1) is 5.92 Å². The normalized spacial score (nSPS) is 20.7. The zero-order chi connectivity index (χ0) is 9.52. The van der Waals surface area contributed by atoms with E-state index in [2.05, 4.69) is 12.0 Å². The number of hydrogen-bond acceptors (Lipinski definition) is 2. The van der Waals surface area contributed by atoms with Gasteiger partial charge in [-0.15, -0.1) is 12.3 Å². The first-order valence-electron chi connectivity index (χ1n) is 4.59. The standard InChI is InChI=1S/C11H14O2/c1-2-3-9-13-11(12)10-7-5-4-6-8-10/h1,4-5,10H,3,6-9H2. The quantitative estimate of drug-likeness (QED) is 0.285. The molecule has 1 unspecified atom stereocenters. The van der Waals surface area contributed by atoms with Gasteiger partial charge in [0.2, 0.25) is 0 Å². The highest BCUT2D eigenvalue weighted by atomic mass is 16.5. The van der Waals surface area contributed by atoms with Crippen LogP contribution in [-0.2, 0) is 9.53 Å². The van der Waals surface area contributed by atoms with Gasteiger partial charge in [0.15, 0.2) is 0 Å². The highest BCUT2D eigenvalue weighted by molar-refractivity contribution is 5.72. The Balaban J connectivity index is 2.23. The van der Waals surface area contributed by atoms with Crippen molar-refractivity contribution >= 4 is 5.97 Å². The number of carbonyl (C=O) groups excluding carboxylic acids is 1. The molecule has 0 bridgehead atoms. The molecule has 1 atom stereocenters. The minimum Gasteiger partial charge on any atom is -0.464 e. The van der Waals surface area contributed by atoms with E-state index in [1.807, 2.05) is 6.08 Å². The summed E-state index contributed by atoms with van der Waals surface area (Å²) in [5, 5.41) is 0. The number of rotatable bonds is 3. The highest BCUT2D eigenvalue weighted by Crippen LogP contribution is 2.19. The van der Waals surface area contributed by atoms with Crippen molar-refractivity contribution in [3.05, 3.63) is 12.2 Å². The Hall–Kier alpha value is -1.23. The van der Waals surface area contributed by atoms with E-state index in [4.69, 9.17) is 11.2 Å². The predicted octanol–water partition coefficient (Wildman–Crippen LogP) is 1.91. The molecule has 70 valence electrons. The Morgan fingerprint density at radius 2 is 2.46 bits per heavy atom. The molecule has 1 aliphatic carbocycles. The molecular weight excluding hydrogens is 164 g/mol. The van der Waals surface area contributed by atoms with Crippen molar-refractivity contribution in [2.45, 2.75) is 25.7 Å². The summed E-state index contributed by atoms with van der Waals surface area (Å²) in [6, 6.07) is 0. The van der Waals surface area contributed by atoms with Crippen LogP contribution < -0.4 is 0 Å². The number of carbonyl (C=O) groups is 1. The minimum absolute atomic E-state index is 0.0581. The maximum absolute atomic E-state index is 11.3. The Labute approximate surface area is 79.0 Å². The fraction of sp³-hybridized carbons (Fsp3) is 0.545. The summed E-state index contributed by atoms with van der Waals surface area (Å²) in [4.78, 5) is 11.3. The summed E-state index contributed by atoms with van der Waals surface area (Å²) in [6.07, 6.45) is 12.4. The topological polar surface area (TPSA) is 26.3 Å². The summed E-state index contributed by atoms with van der Waals surface area (Å²) in [5.41, 5.74) is 0. The maximum atomic E-state index is 11.3. The largest absolute Gasteiger partial charge is 0.464 e. The summed E-state index contributed by atoms with van der Waals surface area (Å²) in [5.74, 6) is 2.40. The Kier molecular flexibility index (Phi) is 4.11. The van der Waals surface area contributed by atoms with E-state index in [1.54, 1.807) is 0 Å². The molecular formula is C11H14O2. The minimum atomic E-state index is -0.0976. The molecule has 0 saturated heterocycles. The van der Waals surface area contributed by atoms with Gasteiger partial charge in [-0.25, -0.2) is 0 Å². The zero-order valence-corrected chi connectivity index (χ0v) is 7.66. The van der Waals surface area contributed by atoms with Crippen LogP contribution in [0.5, 0.6) is 0 Å². The Bertz CT molecular complexity index is 235. The molecule has 0 saturated carbocycles. The van der Waals surface area contributed by atoms with Crippen LogP contribution in [0.3, 0.4) is 0 Å². The number of hydrogen-bond donors (Lipinski definition) is 0. The molecule has 0 spiro atoms. The summed E-state index contributed by atoms with van der Waals surface area (Å²) >= 11 is 0. The average Bonchev–Trinajstić information content (AvgIpc) is 2.19. The van der Waals surface area contributed by atoms with E-state index in [-0.39, 0.29) is 11.9 Å². The van der Waals surface area contributed by atoms with Gasteiger partial charge in [-0.05, 0) is 19.3 Å². The van der Waals surface area contributed by atoms with E-state index in [1.165, 1.54) is 0 Å². The first kappa shape index (κ1) is 9.85. The van der Waals surface area contributed by atoms with Gasteiger partial charge in [0, 0.05) is 6.42 Å². The second kappa shape index (κ2) is 5.42. The van der Waals surface area contributed by atoms with Crippen molar-refractivity contribution in [1.82, 2.24) is 0 Å². The fourth-order valence-corrected chi connectivity index (χ4v) is 1.34. The van der Waals surface area contributed by atoms with Crippen molar-refractivity contribution in [2.24, 2.45) is 5.92 Å². The van der Waals surface area contributed by atoms with Crippen LogP contribution in [0.2, 0.25) is 0 Å². The number of allylic oxidation sites excluding steroid dienone is 2. The molecule has 2 nitrogen and oxygen atoms in total. The van der Waals surface area contributed by atoms with Gasteiger partial charge < -0.3 is 4.74 Å². The smallest absolute Gasteiger partial charge is 0.309 e. The molecule has 0 aliphatic heterocycles. The van der Waals surface area contributed by atoms with Crippen LogP contribution in [-0.4, -0.2) is 12.6 Å². The molecule has 1 aliphatic rings. The molecule has 0 aromatic carbocycles. The number of terminal acetylenes is 1. The zero-order valence-electron chi connectivity index (χ0n) is 7.66. The van der Waals surface area contributed by atoms with Crippen molar-refractivity contribution in [3.8, 4) is 12.3 Å². The number of esters is 1. The monoisotopic (exact) mass is 178 g/mol. The van der Waals surface area contributed by atoms with Crippen LogP contribution in [0, 0.1) is 18.3 Å². The first-order valence-corrected chi connectivity index (χ1v) is 4.59. The second-order valence-electron chi connectivity index (χ2n) is 3.10. The molecule has 0 aromatic heterocycles. The van der Waals surface area contributed by atoms with Crippen LogP contribution in [0.4, 0.5) is 0 Å². The SMILES string of the molecule is C#CCCOC(=O)C1CC=CCC1. The summed E-state index contributed by atoms with van der Waals surface area (Å²) in [7, 11) is 0. The molecule has 0 radical (unpaired) electrons. The van der Waals surface area contributed by atoms with Gasteiger partial charge in [-0.2, -0.15) is 0 Å². The van der Waals surface area contributed by atoms with Crippen molar-refractivity contribution in [3.63, 3.8) is 0 Å². The number of ether oxygens (including phenoxy) is 1. The van der Waals surface area contributed by atoms with E-state index in [0.717, 1.165) is 19.3 Å². The second-order valence-corrected chi connectivity index (χ2v) is 3.10. The molecule has 0 fully saturated rings. The average molecular weight is 178 g/mol. The van der Waals surface area contributed by atoms with Gasteiger partial charge in [0.1, 0.15) is 6.61 Å². The van der Waals surface area contributed by atoms with Gasteiger partial charge in [-0.1, -0.05) is 12.2 Å². The van der Waals surface area contributed by atoms with Crippen LogP contribution in [0.15, 0.2) is 12.2 Å².